The van der Waals surface area contributed by atoms with E-state index in [9.17, 15) is 0 Å². The van der Waals surface area contributed by atoms with Crippen LogP contribution < -0.4 is 0 Å². The largest absolute Gasteiger partial charge is 0.300 e. The van der Waals surface area contributed by atoms with Gasteiger partial charge < -0.3 is 0 Å². The van der Waals surface area contributed by atoms with Crippen molar-refractivity contribution in [2.24, 2.45) is 0 Å². The molecule has 2 aromatic rings. The van der Waals surface area contributed by atoms with Crippen molar-refractivity contribution in [1.82, 2.24) is 9.38 Å². The Kier molecular flexibility index (Phi) is 1.93. The standard InChI is InChI=1S/C12H13BrN2/c1-7-3-5-10-12(7)14-11-6-4-9(13)8(2)15(10)11/h4,6-7H,3,5H2,1-2H3. The normalized spacial score (nSPS) is 19.8. The van der Waals surface area contributed by atoms with Gasteiger partial charge in [0.1, 0.15) is 5.65 Å². The molecule has 0 spiro atoms. The predicted molar refractivity (Wildman–Crippen MR) is 64.4 cm³/mol. The summed E-state index contributed by atoms with van der Waals surface area (Å²) in [5.74, 6) is 0.623. The van der Waals surface area contributed by atoms with Gasteiger partial charge in [-0.1, -0.05) is 6.92 Å². The number of aromatic nitrogens is 2. The number of aryl methyl sites for hydroxylation is 2. The van der Waals surface area contributed by atoms with Gasteiger partial charge in [-0.2, -0.15) is 0 Å². The molecule has 0 radical (unpaired) electrons. The lowest BCUT2D eigenvalue weighted by atomic mass is 10.1. The highest BCUT2D eigenvalue weighted by Gasteiger charge is 2.25. The monoisotopic (exact) mass is 264 g/mol. The predicted octanol–water partition coefficient (Wildman–Crippen LogP) is 3.45. The summed E-state index contributed by atoms with van der Waals surface area (Å²) in [6.45, 7) is 4.41. The van der Waals surface area contributed by atoms with Crippen LogP contribution in [0.25, 0.3) is 5.65 Å². The number of halogens is 1. The molecule has 0 fully saturated rings. The summed E-state index contributed by atoms with van der Waals surface area (Å²) in [5.41, 5.74) is 5.06. The van der Waals surface area contributed by atoms with Crippen molar-refractivity contribution < 1.29 is 0 Å². The van der Waals surface area contributed by atoms with E-state index in [1.165, 1.54) is 23.5 Å². The van der Waals surface area contributed by atoms with Crippen molar-refractivity contribution in [2.75, 3.05) is 0 Å². The fourth-order valence-electron chi connectivity index (χ4n) is 2.48. The second-order valence-electron chi connectivity index (χ2n) is 4.34. The molecule has 1 unspecified atom stereocenters. The van der Waals surface area contributed by atoms with E-state index in [1.807, 2.05) is 0 Å². The van der Waals surface area contributed by atoms with Crippen LogP contribution in [0, 0.1) is 6.92 Å². The topological polar surface area (TPSA) is 17.3 Å². The number of hydrogen-bond acceptors (Lipinski definition) is 1. The summed E-state index contributed by atoms with van der Waals surface area (Å²) in [7, 11) is 0. The van der Waals surface area contributed by atoms with Crippen molar-refractivity contribution in [3.05, 3.63) is 33.7 Å². The number of imidazole rings is 1. The van der Waals surface area contributed by atoms with Crippen LogP contribution in [0.5, 0.6) is 0 Å². The van der Waals surface area contributed by atoms with Crippen molar-refractivity contribution >= 4 is 21.6 Å². The molecule has 1 aliphatic carbocycles. The number of hydrogen-bond donors (Lipinski definition) is 0. The van der Waals surface area contributed by atoms with Crippen molar-refractivity contribution in [3.63, 3.8) is 0 Å². The molecular weight excluding hydrogens is 252 g/mol. The zero-order valence-corrected chi connectivity index (χ0v) is 10.5. The van der Waals surface area contributed by atoms with Crippen LogP contribution in [-0.4, -0.2) is 9.38 Å². The zero-order chi connectivity index (χ0) is 10.6. The summed E-state index contributed by atoms with van der Waals surface area (Å²) >= 11 is 3.58. The first kappa shape index (κ1) is 9.40. The minimum atomic E-state index is 0.623. The summed E-state index contributed by atoms with van der Waals surface area (Å²) < 4.78 is 3.46. The zero-order valence-electron chi connectivity index (χ0n) is 8.92. The van der Waals surface area contributed by atoms with Crippen LogP contribution in [0.3, 0.4) is 0 Å². The first-order valence-electron chi connectivity index (χ1n) is 5.35. The molecule has 1 aliphatic rings. The Labute approximate surface area is 97.5 Å². The molecule has 0 saturated carbocycles. The summed E-state index contributed by atoms with van der Waals surface area (Å²) in [4.78, 5) is 4.72. The molecule has 2 heterocycles. The highest BCUT2D eigenvalue weighted by atomic mass is 79.9. The van der Waals surface area contributed by atoms with Gasteiger partial charge >= 0.3 is 0 Å². The third-order valence-corrected chi connectivity index (χ3v) is 4.21. The van der Waals surface area contributed by atoms with Crippen molar-refractivity contribution in [1.29, 1.82) is 0 Å². The minimum Gasteiger partial charge on any atom is -0.300 e. The highest BCUT2D eigenvalue weighted by molar-refractivity contribution is 9.10. The van der Waals surface area contributed by atoms with Gasteiger partial charge in [0.15, 0.2) is 0 Å². The van der Waals surface area contributed by atoms with E-state index >= 15 is 0 Å². The SMILES string of the molecule is Cc1c(Br)ccc2nc3c(n12)CCC3C. The van der Waals surface area contributed by atoms with Gasteiger partial charge in [-0.3, -0.25) is 4.40 Å². The van der Waals surface area contributed by atoms with E-state index in [4.69, 9.17) is 4.98 Å². The third-order valence-electron chi connectivity index (χ3n) is 3.37. The Morgan fingerprint density at radius 1 is 1.47 bits per heavy atom. The van der Waals surface area contributed by atoms with Crippen LogP contribution in [0.2, 0.25) is 0 Å². The molecule has 0 aliphatic heterocycles. The number of nitrogens with zero attached hydrogens (tertiary/aromatic N) is 2. The van der Waals surface area contributed by atoms with E-state index in [1.54, 1.807) is 0 Å². The maximum Gasteiger partial charge on any atom is 0.137 e. The molecule has 78 valence electrons. The van der Waals surface area contributed by atoms with Crippen molar-refractivity contribution in [2.45, 2.75) is 32.6 Å². The van der Waals surface area contributed by atoms with E-state index < -0.39 is 0 Å². The molecule has 1 atom stereocenters. The Hall–Kier alpha value is -0.830. The summed E-state index contributed by atoms with van der Waals surface area (Å²) in [6, 6.07) is 4.17. The molecule has 0 bridgehead atoms. The molecule has 15 heavy (non-hydrogen) atoms. The third kappa shape index (κ3) is 1.19. The van der Waals surface area contributed by atoms with Gasteiger partial charge in [-0.25, -0.2) is 4.98 Å². The lowest BCUT2D eigenvalue weighted by Gasteiger charge is -2.05. The summed E-state index contributed by atoms with van der Waals surface area (Å²) in [6.07, 6.45) is 2.40. The van der Waals surface area contributed by atoms with Gasteiger partial charge in [0.25, 0.3) is 0 Å². The Bertz CT molecular complexity index is 542. The second kappa shape index (κ2) is 3.08. The first-order valence-corrected chi connectivity index (χ1v) is 6.14. The van der Waals surface area contributed by atoms with Gasteiger partial charge in [-0.05, 0) is 47.8 Å². The Morgan fingerprint density at radius 2 is 2.27 bits per heavy atom. The van der Waals surface area contributed by atoms with Crippen LogP contribution in [0.15, 0.2) is 16.6 Å². The number of rotatable bonds is 0. The molecular formula is C12H13BrN2. The lowest BCUT2D eigenvalue weighted by molar-refractivity contribution is 0.725. The molecule has 0 N–H and O–H groups in total. The fourth-order valence-corrected chi connectivity index (χ4v) is 2.79. The van der Waals surface area contributed by atoms with Gasteiger partial charge in [0.05, 0.1) is 5.69 Å². The van der Waals surface area contributed by atoms with Gasteiger partial charge in [-0.15, -0.1) is 0 Å². The summed E-state index contributed by atoms with van der Waals surface area (Å²) in [5, 5.41) is 0. The fraction of sp³-hybridized carbons (Fsp3) is 0.417. The lowest BCUT2D eigenvalue weighted by Crippen LogP contribution is -1.96. The van der Waals surface area contributed by atoms with E-state index in [0.29, 0.717) is 5.92 Å². The molecule has 3 heteroatoms. The average Bonchev–Trinajstić information content (AvgIpc) is 2.73. The van der Waals surface area contributed by atoms with E-state index in [2.05, 4.69) is 46.3 Å². The Balaban J connectivity index is 2.41. The molecule has 2 nitrogen and oxygen atoms in total. The van der Waals surface area contributed by atoms with E-state index in [0.717, 1.165) is 16.5 Å². The quantitative estimate of drug-likeness (QED) is 0.713. The maximum atomic E-state index is 4.72. The van der Waals surface area contributed by atoms with Gasteiger partial charge in [0, 0.05) is 21.8 Å². The molecule has 0 saturated heterocycles. The van der Waals surface area contributed by atoms with Crippen molar-refractivity contribution in [3.8, 4) is 0 Å². The van der Waals surface area contributed by atoms with Crippen LogP contribution in [0.4, 0.5) is 0 Å². The molecule has 2 aromatic heterocycles. The average molecular weight is 265 g/mol. The molecule has 3 rings (SSSR count). The number of fused-ring (bicyclic) bond motifs is 3. The maximum absolute atomic E-state index is 4.72. The minimum absolute atomic E-state index is 0.623. The molecule has 0 aromatic carbocycles. The van der Waals surface area contributed by atoms with Gasteiger partial charge in [0.2, 0.25) is 0 Å². The first-order chi connectivity index (χ1) is 7.18. The van der Waals surface area contributed by atoms with Crippen LogP contribution >= 0.6 is 15.9 Å². The molecule has 0 amide bonds. The van der Waals surface area contributed by atoms with Crippen LogP contribution in [0.1, 0.15) is 36.3 Å². The highest BCUT2D eigenvalue weighted by Crippen LogP contribution is 2.34. The second-order valence-corrected chi connectivity index (χ2v) is 5.20. The Morgan fingerprint density at radius 3 is 3.07 bits per heavy atom. The van der Waals surface area contributed by atoms with Crippen LogP contribution in [-0.2, 0) is 6.42 Å². The number of pyridine rings is 1. The smallest absolute Gasteiger partial charge is 0.137 e. The van der Waals surface area contributed by atoms with E-state index in [-0.39, 0.29) is 0 Å².